The van der Waals surface area contributed by atoms with Crippen molar-refractivity contribution in [3.63, 3.8) is 0 Å². The molecule has 0 saturated carbocycles. The summed E-state index contributed by atoms with van der Waals surface area (Å²) in [6, 6.07) is 6.22. The van der Waals surface area contributed by atoms with Crippen molar-refractivity contribution < 1.29 is 56.8 Å². The molecule has 1 aliphatic heterocycles. The van der Waals surface area contributed by atoms with Gasteiger partial charge in [0.25, 0.3) is 0 Å². The van der Waals surface area contributed by atoms with Crippen LogP contribution in [-0.4, -0.2) is 67.5 Å². The van der Waals surface area contributed by atoms with E-state index in [-0.39, 0.29) is 18.1 Å². The highest BCUT2D eigenvalue weighted by Crippen LogP contribution is 2.34. The number of hydrogen-bond donors (Lipinski definition) is 0. The summed E-state index contributed by atoms with van der Waals surface area (Å²) in [5, 5.41) is 0.419. The molecule has 5 atom stereocenters. The van der Waals surface area contributed by atoms with Gasteiger partial charge in [0.05, 0.1) is 5.39 Å². The number of benzene rings is 1. The summed E-state index contributed by atoms with van der Waals surface area (Å²) in [6.07, 6.45) is -6.09. The molecular weight excluding hydrogens is 468 g/mol. The molecule has 188 valence electrons. The minimum atomic E-state index is -1.41. The number of fused-ring (bicyclic) bond motifs is 1. The Hall–Kier alpha value is -3.93. The fraction of sp³-hybridized carbons (Fsp3) is 0.435. The van der Waals surface area contributed by atoms with E-state index in [4.69, 9.17) is 32.8 Å². The van der Waals surface area contributed by atoms with Crippen molar-refractivity contribution in [2.45, 2.75) is 58.4 Å². The molecular formula is C23H24O12. The van der Waals surface area contributed by atoms with Crippen LogP contribution in [0.2, 0.25) is 0 Å². The summed E-state index contributed by atoms with van der Waals surface area (Å²) in [5.41, 5.74) is 0.343. The minimum absolute atomic E-state index is 0.0533. The lowest BCUT2D eigenvalue weighted by atomic mass is 9.98. The first-order valence-electron chi connectivity index (χ1n) is 10.5. The third kappa shape index (κ3) is 6.35. The average molecular weight is 492 g/mol. The van der Waals surface area contributed by atoms with Crippen molar-refractivity contribution in [2.24, 2.45) is 0 Å². The molecule has 3 rings (SSSR count). The van der Waals surface area contributed by atoms with Crippen LogP contribution in [0.5, 0.6) is 5.75 Å². The van der Waals surface area contributed by atoms with Gasteiger partial charge in [-0.2, -0.15) is 0 Å². The fourth-order valence-corrected chi connectivity index (χ4v) is 3.62. The van der Waals surface area contributed by atoms with Crippen LogP contribution >= 0.6 is 0 Å². The SMILES string of the molecule is CC(=O)OC[C@H]1O[C@@H](Oc2cccc3oc(C=O)cc23)[C@H](OC(C)=O)[C@@H](OC(C)=O)[C@H]1OC(C)=O. The van der Waals surface area contributed by atoms with Gasteiger partial charge in [0.2, 0.25) is 12.4 Å². The van der Waals surface area contributed by atoms with Gasteiger partial charge in [-0.3, -0.25) is 24.0 Å². The van der Waals surface area contributed by atoms with E-state index < -0.39 is 54.6 Å². The number of carbonyl (C=O) groups is 5. The Bertz CT molecular complexity index is 1120. The molecule has 0 bridgehead atoms. The molecule has 1 aliphatic rings. The maximum absolute atomic E-state index is 11.9. The maximum atomic E-state index is 11.9. The maximum Gasteiger partial charge on any atom is 0.303 e. The van der Waals surface area contributed by atoms with E-state index in [9.17, 15) is 24.0 Å². The zero-order valence-corrected chi connectivity index (χ0v) is 19.4. The first kappa shape index (κ1) is 25.7. The summed E-state index contributed by atoms with van der Waals surface area (Å²) >= 11 is 0. The van der Waals surface area contributed by atoms with Crippen LogP contribution in [0.4, 0.5) is 0 Å². The summed E-state index contributed by atoms with van der Waals surface area (Å²) in [5.74, 6) is -2.65. The zero-order valence-electron chi connectivity index (χ0n) is 19.4. The molecule has 2 aromatic rings. The van der Waals surface area contributed by atoms with Gasteiger partial charge in [-0.25, -0.2) is 0 Å². The molecule has 1 aromatic heterocycles. The van der Waals surface area contributed by atoms with Gasteiger partial charge in [0.1, 0.15) is 24.0 Å². The Morgan fingerprint density at radius 2 is 1.51 bits per heavy atom. The highest BCUT2D eigenvalue weighted by Gasteiger charge is 2.53. The molecule has 35 heavy (non-hydrogen) atoms. The van der Waals surface area contributed by atoms with E-state index in [1.54, 1.807) is 18.2 Å². The van der Waals surface area contributed by atoms with E-state index in [0.29, 0.717) is 17.3 Å². The molecule has 0 unspecified atom stereocenters. The number of hydrogen-bond acceptors (Lipinski definition) is 12. The smallest absolute Gasteiger partial charge is 0.303 e. The van der Waals surface area contributed by atoms with Crippen LogP contribution in [0.1, 0.15) is 38.2 Å². The second-order valence-corrected chi connectivity index (χ2v) is 7.62. The first-order chi connectivity index (χ1) is 16.6. The quantitative estimate of drug-likeness (QED) is 0.299. The third-order valence-corrected chi connectivity index (χ3v) is 4.85. The summed E-state index contributed by atoms with van der Waals surface area (Å²) in [4.78, 5) is 58.2. The van der Waals surface area contributed by atoms with Crippen LogP contribution in [0.25, 0.3) is 11.0 Å². The van der Waals surface area contributed by atoms with Crippen LogP contribution in [0.15, 0.2) is 28.7 Å². The number of ether oxygens (including phenoxy) is 6. The van der Waals surface area contributed by atoms with E-state index in [2.05, 4.69) is 0 Å². The van der Waals surface area contributed by atoms with E-state index >= 15 is 0 Å². The van der Waals surface area contributed by atoms with Gasteiger partial charge in [-0.15, -0.1) is 0 Å². The normalized spacial score (nSPS) is 23.7. The molecule has 2 heterocycles. The monoisotopic (exact) mass is 492 g/mol. The molecule has 1 fully saturated rings. The van der Waals surface area contributed by atoms with E-state index in [0.717, 1.165) is 20.8 Å². The van der Waals surface area contributed by atoms with Crippen molar-refractivity contribution >= 4 is 41.1 Å². The first-order valence-corrected chi connectivity index (χ1v) is 10.5. The molecule has 0 aliphatic carbocycles. The molecule has 1 aromatic carbocycles. The topological polar surface area (TPSA) is 154 Å². The summed E-state index contributed by atoms with van der Waals surface area (Å²) < 4.78 is 38.4. The van der Waals surface area contributed by atoms with Gasteiger partial charge in [0.15, 0.2) is 24.3 Å². The van der Waals surface area contributed by atoms with Gasteiger partial charge in [-0.1, -0.05) is 6.07 Å². The summed E-state index contributed by atoms with van der Waals surface area (Å²) in [6.45, 7) is 4.16. The Morgan fingerprint density at radius 3 is 2.11 bits per heavy atom. The second-order valence-electron chi connectivity index (χ2n) is 7.62. The molecule has 1 saturated heterocycles. The molecule has 12 heteroatoms. The molecule has 0 amide bonds. The number of carbonyl (C=O) groups excluding carboxylic acids is 5. The number of furan rings is 1. The van der Waals surface area contributed by atoms with Crippen molar-refractivity contribution in [3.05, 3.63) is 30.0 Å². The lowest BCUT2D eigenvalue weighted by Gasteiger charge is -2.43. The highest BCUT2D eigenvalue weighted by molar-refractivity contribution is 5.89. The minimum Gasteiger partial charge on any atom is -0.463 e. The average Bonchev–Trinajstić information content (AvgIpc) is 3.20. The number of esters is 4. The fourth-order valence-electron chi connectivity index (χ4n) is 3.62. The van der Waals surface area contributed by atoms with Gasteiger partial charge in [-0.05, 0) is 18.2 Å². The zero-order chi connectivity index (χ0) is 25.7. The predicted molar refractivity (Wildman–Crippen MR) is 114 cm³/mol. The predicted octanol–water partition coefficient (Wildman–Crippen LogP) is 1.71. The van der Waals surface area contributed by atoms with Crippen LogP contribution in [0.3, 0.4) is 0 Å². The van der Waals surface area contributed by atoms with Crippen molar-refractivity contribution in [1.29, 1.82) is 0 Å². The van der Waals surface area contributed by atoms with Crippen molar-refractivity contribution in [1.82, 2.24) is 0 Å². The van der Waals surface area contributed by atoms with E-state index in [1.807, 2.05) is 0 Å². The van der Waals surface area contributed by atoms with Gasteiger partial charge >= 0.3 is 23.9 Å². The van der Waals surface area contributed by atoms with Gasteiger partial charge < -0.3 is 32.8 Å². The van der Waals surface area contributed by atoms with Crippen LogP contribution in [0, 0.1) is 0 Å². The lowest BCUT2D eigenvalue weighted by molar-refractivity contribution is -0.288. The Morgan fingerprint density at radius 1 is 0.886 bits per heavy atom. The van der Waals surface area contributed by atoms with Crippen molar-refractivity contribution in [3.8, 4) is 5.75 Å². The number of rotatable bonds is 8. The van der Waals surface area contributed by atoms with Crippen molar-refractivity contribution in [2.75, 3.05) is 6.61 Å². The third-order valence-electron chi connectivity index (χ3n) is 4.85. The molecule has 0 spiro atoms. The standard InChI is InChI=1S/C23H24O12/c1-11(25)29-10-19-20(30-12(2)26)21(31-13(3)27)22(32-14(4)28)23(35-19)34-18-7-5-6-17-16(18)8-15(9-24)33-17/h5-9,19-23H,10H2,1-4H3/t19-,20+,21+,22-,23-/m1/s1. The molecule has 0 radical (unpaired) electrons. The molecule has 12 nitrogen and oxygen atoms in total. The Balaban J connectivity index is 2.04. The van der Waals surface area contributed by atoms with Crippen LogP contribution < -0.4 is 4.74 Å². The highest BCUT2D eigenvalue weighted by atomic mass is 16.7. The van der Waals surface area contributed by atoms with E-state index in [1.165, 1.54) is 13.0 Å². The second kappa shape index (κ2) is 11.0. The summed E-state index contributed by atoms with van der Waals surface area (Å²) in [7, 11) is 0. The van der Waals surface area contributed by atoms with Gasteiger partial charge in [0, 0.05) is 27.7 Å². The number of aldehydes is 1. The Labute approximate surface area is 199 Å². The Kier molecular flexibility index (Phi) is 8.07. The van der Waals surface area contributed by atoms with Crippen LogP contribution in [-0.2, 0) is 42.9 Å². The molecule has 0 N–H and O–H groups in total. The largest absolute Gasteiger partial charge is 0.463 e. The lowest BCUT2D eigenvalue weighted by Crippen LogP contribution is -2.63.